The van der Waals surface area contributed by atoms with E-state index < -0.39 is 6.04 Å². The van der Waals surface area contributed by atoms with E-state index in [0.29, 0.717) is 18.6 Å². The minimum atomic E-state index is -0.508. The van der Waals surface area contributed by atoms with Crippen molar-refractivity contribution in [3.05, 3.63) is 33.8 Å². The molecule has 1 N–H and O–H groups in total. The third-order valence-corrected chi connectivity index (χ3v) is 3.55. The molecule has 1 aromatic carbocycles. The zero-order chi connectivity index (χ0) is 12.4. The van der Waals surface area contributed by atoms with Gasteiger partial charge in [-0.25, -0.2) is 4.79 Å². The summed E-state index contributed by atoms with van der Waals surface area (Å²) < 4.78 is 5.74. The van der Waals surface area contributed by atoms with Crippen LogP contribution in [-0.4, -0.2) is 24.5 Å². The predicted molar refractivity (Wildman–Crippen MR) is 65.7 cm³/mol. The van der Waals surface area contributed by atoms with Gasteiger partial charge >= 0.3 is 5.97 Å². The Bertz CT molecular complexity index is 473. The van der Waals surface area contributed by atoms with Gasteiger partial charge in [0.2, 0.25) is 0 Å². The van der Waals surface area contributed by atoms with Crippen LogP contribution in [0.4, 0.5) is 0 Å². The number of cyclic esters (lactones) is 1. The maximum absolute atomic E-state index is 11.9. The third-order valence-electron chi connectivity index (χ3n) is 2.66. The topological polar surface area (TPSA) is 55.4 Å². The van der Waals surface area contributed by atoms with Crippen LogP contribution >= 0.6 is 15.9 Å². The molecule has 17 heavy (non-hydrogen) atoms. The van der Waals surface area contributed by atoms with Crippen LogP contribution in [-0.2, 0) is 9.53 Å². The molecule has 1 atom stereocenters. The second kappa shape index (κ2) is 4.87. The third kappa shape index (κ3) is 2.66. The number of esters is 1. The molecule has 0 radical (unpaired) electrons. The van der Waals surface area contributed by atoms with Crippen molar-refractivity contribution in [1.82, 2.24) is 5.32 Å². The molecule has 2 rings (SSSR count). The van der Waals surface area contributed by atoms with Crippen molar-refractivity contribution in [2.45, 2.75) is 19.4 Å². The number of halogens is 1. The van der Waals surface area contributed by atoms with Gasteiger partial charge in [0.15, 0.2) is 0 Å². The highest BCUT2D eigenvalue weighted by atomic mass is 79.9. The summed E-state index contributed by atoms with van der Waals surface area (Å²) >= 11 is 3.37. The van der Waals surface area contributed by atoms with Crippen LogP contribution in [0.3, 0.4) is 0 Å². The Morgan fingerprint density at radius 3 is 2.88 bits per heavy atom. The molecule has 0 saturated carbocycles. The summed E-state index contributed by atoms with van der Waals surface area (Å²) in [5.41, 5.74) is 1.53. The number of carbonyl (C=O) groups excluding carboxylic acids is 2. The Morgan fingerprint density at radius 2 is 2.29 bits per heavy atom. The van der Waals surface area contributed by atoms with E-state index in [1.165, 1.54) is 0 Å². The first-order valence-corrected chi connectivity index (χ1v) is 6.11. The number of amides is 1. The maximum atomic E-state index is 11.9. The highest BCUT2D eigenvalue weighted by Gasteiger charge is 2.28. The van der Waals surface area contributed by atoms with Crippen LogP contribution in [0.5, 0.6) is 0 Å². The zero-order valence-electron chi connectivity index (χ0n) is 9.33. The first kappa shape index (κ1) is 12.1. The monoisotopic (exact) mass is 297 g/mol. The molecule has 4 nitrogen and oxygen atoms in total. The fraction of sp³-hybridized carbons (Fsp3) is 0.333. The molecule has 0 aliphatic carbocycles. The van der Waals surface area contributed by atoms with Crippen LogP contribution in [0.1, 0.15) is 22.3 Å². The molecule has 1 saturated heterocycles. The van der Waals surface area contributed by atoms with Gasteiger partial charge in [-0.3, -0.25) is 4.79 Å². The maximum Gasteiger partial charge on any atom is 0.328 e. The molecule has 90 valence electrons. The van der Waals surface area contributed by atoms with Gasteiger partial charge in [-0.15, -0.1) is 0 Å². The normalized spacial score (nSPS) is 18.9. The lowest BCUT2D eigenvalue weighted by Crippen LogP contribution is -2.37. The average molecular weight is 298 g/mol. The van der Waals surface area contributed by atoms with Gasteiger partial charge < -0.3 is 10.1 Å². The van der Waals surface area contributed by atoms with Crippen molar-refractivity contribution in [2.75, 3.05) is 6.61 Å². The lowest BCUT2D eigenvalue weighted by atomic mass is 10.1. The summed E-state index contributed by atoms with van der Waals surface area (Å²) in [5, 5.41) is 2.66. The summed E-state index contributed by atoms with van der Waals surface area (Å²) in [6.07, 6.45) is 0.542. The molecule has 1 aliphatic rings. The Morgan fingerprint density at radius 1 is 1.53 bits per heavy atom. The fourth-order valence-corrected chi connectivity index (χ4v) is 1.90. The highest BCUT2D eigenvalue weighted by molar-refractivity contribution is 9.10. The van der Waals surface area contributed by atoms with E-state index in [2.05, 4.69) is 21.2 Å². The van der Waals surface area contributed by atoms with Gasteiger partial charge in [-0.05, 0) is 30.7 Å². The van der Waals surface area contributed by atoms with E-state index in [-0.39, 0.29) is 11.9 Å². The van der Waals surface area contributed by atoms with Gasteiger partial charge in [-0.2, -0.15) is 0 Å². The molecule has 0 bridgehead atoms. The summed E-state index contributed by atoms with van der Waals surface area (Å²) in [7, 11) is 0. The molecule has 1 aliphatic heterocycles. The standard InChI is InChI=1S/C12H12BrNO3/c1-7-6-8(2-3-9(7)13)11(15)14-10-4-5-17-12(10)16/h2-3,6,10H,4-5H2,1H3,(H,14,15). The van der Waals surface area contributed by atoms with E-state index >= 15 is 0 Å². The van der Waals surface area contributed by atoms with Crippen molar-refractivity contribution in [3.63, 3.8) is 0 Å². The SMILES string of the molecule is Cc1cc(C(=O)NC2CCOC2=O)ccc1Br. The predicted octanol–water partition coefficient (Wildman–Crippen LogP) is 1.80. The average Bonchev–Trinajstić information content (AvgIpc) is 2.68. The van der Waals surface area contributed by atoms with Gasteiger partial charge in [0.25, 0.3) is 5.91 Å². The lowest BCUT2D eigenvalue weighted by molar-refractivity contribution is -0.139. The molecule has 1 amide bonds. The quantitative estimate of drug-likeness (QED) is 0.847. The first-order valence-electron chi connectivity index (χ1n) is 5.31. The van der Waals surface area contributed by atoms with Crippen LogP contribution in [0.25, 0.3) is 0 Å². The van der Waals surface area contributed by atoms with Gasteiger partial charge in [0.05, 0.1) is 6.61 Å². The Balaban J connectivity index is 2.09. The van der Waals surface area contributed by atoms with E-state index in [9.17, 15) is 9.59 Å². The molecule has 1 aromatic rings. The van der Waals surface area contributed by atoms with Gasteiger partial charge in [-0.1, -0.05) is 15.9 Å². The second-order valence-electron chi connectivity index (χ2n) is 3.95. The van der Waals surface area contributed by atoms with Crippen molar-refractivity contribution in [1.29, 1.82) is 0 Å². The number of carbonyl (C=O) groups is 2. The summed E-state index contributed by atoms with van der Waals surface area (Å²) in [6.45, 7) is 2.29. The van der Waals surface area contributed by atoms with Crippen molar-refractivity contribution >= 4 is 27.8 Å². The lowest BCUT2D eigenvalue weighted by Gasteiger charge is -2.09. The van der Waals surface area contributed by atoms with Crippen LogP contribution in [0.15, 0.2) is 22.7 Å². The number of aryl methyl sites for hydroxylation is 1. The second-order valence-corrected chi connectivity index (χ2v) is 4.80. The van der Waals surface area contributed by atoms with Crippen LogP contribution < -0.4 is 5.32 Å². The van der Waals surface area contributed by atoms with Crippen molar-refractivity contribution in [3.8, 4) is 0 Å². The van der Waals surface area contributed by atoms with Gasteiger partial charge in [0, 0.05) is 16.5 Å². The zero-order valence-corrected chi connectivity index (χ0v) is 10.9. The first-order chi connectivity index (χ1) is 8.08. The molecule has 1 heterocycles. The van der Waals surface area contributed by atoms with Crippen LogP contribution in [0, 0.1) is 6.92 Å². The van der Waals surface area contributed by atoms with Crippen molar-refractivity contribution < 1.29 is 14.3 Å². The molecule has 1 fully saturated rings. The summed E-state index contributed by atoms with van der Waals surface area (Å²) in [6, 6.07) is 4.80. The number of rotatable bonds is 2. The summed E-state index contributed by atoms with van der Waals surface area (Å²) in [4.78, 5) is 23.1. The van der Waals surface area contributed by atoms with Gasteiger partial charge in [0.1, 0.15) is 6.04 Å². The number of benzene rings is 1. The smallest absolute Gasteiger partial charge is 0.328 e. The number of hydrogen-bond donors (Lipinski definition) is 1. The van der Waals surface area contributed by atoms with E-state index in [1.54, 1.807) is 12.1 Å². The minimum absolute atomic E-state index is 0.246. The Labute approximate surface area is 107 Å². The van der Waals surface area contributed by atoms with Crippen LogP contribution in [0.2, 0.25) is 0 Å². The molecule has 0 aromatic heterocycles. The van der Waals surface area contributed by atoms with E-state index in [4.69, 9.17) is 4.74 Å². The van der Waals surface area contributed by atoms with Crippen molar-refractivity contribution in [2.24, 2.45) is 0 Å². The molecule has 5 heteroatoms. The molecule has 0 spiro atoms. The number of nitrogens with one attached hydrogen (secondary N) is 1. The van der Waals surface area contributed by atoms with E-state index in [0.717, 1.165) is 10.0 Å². The number of ether oxygens (including phenoxy) is 1. The largest absolute Gasteiger partial charge is 0.464 e. The highest BCUT2D eigenvalue weighted by Crippen LogP contribution is 2.17. The Hall–Kier alpha value is -1.36. The molecular weight excluding hydrogens is 286 g/mol. The molecule has 1 unspecified atom stereocenters. The summed E-state index contributed by atoms with van der Waals surface area (Å²) in [5.74, 6) is -0.600. The minimum Gasteiger partial charge on any atom is -0.464 e. The molecular formula is C12H12BrNO3. The number of hydrogen-bond acceptors (Lipinski definition) is 3. The van der Waals surface area contributed by atoms with E-state index in [1.807, 2.05) is 13.0 Å². The Kier molecular flexibility index (Phi) is 3.47. The fourth-order valence-electron chi connectivity index (χ4n) is 1.65.